The van der Waals surface area contributed by atoms with Crippen LogP contribution in [0.5, 0.6) is 0 Å². The van der Waals surface area contributed by atoms with Crippen LogP contribution in [0.1, 0.15) is 5.56 Å². The molecule has 1 aliphatic heterocycles. The standard InChI is InChI=1S/C9H9ClN/c10-8-5-7-3-1-2-4-9(7)11-6-8/h1-4,8H,5-6H2. The van der Waals surface area contributed by atoms with E-state index >= 15 is 0 Å². The van der Waals surface area contributed by atoms with Crippen LogP contribution < -0.4 is 5.32 Å². The van der Waals surface area contributed by atoms with Crippen LogP contribution in [-0.4, -0.2) is 11.9 Å². The Morgan fingerprint density at radius 1 is 1.36 bits per heavy atom. The fourth-order valence-electron chi connectivity index (χ4n) is 1.34. The van der Waals surface area contributed by atoms with E-state index in [-0.39, 0.29) is 5.38 Å². The van der Waals surface area contributed by atoms with Gasteiger partial charge >= 0.3 is 0 Å². The summed E-state index contributed by atoms with van der Waals surface area (Å²) in [6, 6.07) is 8.17. The highest BCUT2D eigenvalue weighted by molar-refractivity contribution is 6.21. The zero-order valence-electron chi connectivity index (χ0n) is 6.13. The Balaban J connectivity index is 2.34. The fourth-order valence-corrected chi connectivity index (χ4v) is 1.57. The maximum absolute atomic E-state index is 5.95. The van der Waals surface area contributed by atoms with Crippen LogP contribution >= 0.6 is 11.6 Å². The van der Waals surface area contributed by atoms with E-state index in [1.807, 2.05) is 18.2 Å². The quantitative estimate of drug-likeness (QED) is 0.524. The van der Waals surface area contributed by atoms with E-state index < -0.39 is 0 Å². The van der Waals surface area contributed by atoms with Crippen LogP contribution in [-0.2, 0) is 6.42 Å². The van der Waals surface area contributed by atoms with Gasteiger partial charge in [-0.15, -0.1) is 11.6 Å². The van der Waals surface area contributed by atoms with E-state index in [1.54, 1.807) is 0 Å². The van der Waals surface area contributed by atoms with E-state index in [4.69, 9.17) is 11.6 Å². The Bertz CT molecular complexity index is 259. The summed E-state index contributed by atoms with van der Waals surface area (Å²) in [6.07, 6.45) is 0.960. The summed E-state index contributed by atoms with van der Waals surface area (Å²) in [5.74, 6) is 0. The van der Waals surface area contributed by atoms with Crippen LogP contribution in [0.15, 0.2) is 24.3 Å². The largest absolute Gasteiger partial charge is 0.284 e. The molecule has 2 heteroatoms. The first-order chi connectivity index (χ1) is 5.36. The van der Waals surface area contributed by atoms with Gasteiger partial charge < -0.3 is 0 Å². The molecule has 2 rings (SSSR count). The number of rotatable bonds is 0. The summed E-state index contributed by atoms with van der Waals surface area (Å²) in [7, 11) is 0. The second-order valence-corrected chi connectivity index (χ2v) is 3.39. The molecular weight excluding hydrogens is 158 g/mol. The molecule has 1 aliphatic rings. The molecule has 0 amide bonds. The van der Waals surface area contributed by atoms with Crippen LogP contribution in [0.3, 0.4) is 0 Å². The maximum atomic E-state index is 5.95. The summed E-state index contributed by atoms with van der Waals surface area (Å²) >= 11 is 5.95. The minimum Gasteiger partial charge on any atom is -0.284 e. The first-order valence-corrected chi connectivity index (χ1v) is 4.19. The Morgan fingerprint density at radius 3 is 3.09 bits per heavy atom. The van der Waals surface area contributed by atoms with Crippen molar-refractivity contribution in [1.82, 2.24) is 5.32 Å². The SMILES string of the molecule is ClC1C[N]c2ccccc2C1. The fraction of sp³-hybridized carbons (Fsp3) is 0.333. The number of halogens is 1. The molecule has 0 N–H and O–H groups in total. The van der Waals surface area contributed by atoms with Gasteiger partial charge in [0.15, 0.2) is 0 Å². The minimum absolute atomic E-state index is 0.199. The summed E-state index contributed by atoms with van der Waals surface area (Å²) in [5.41, 5.74) is 2.39. The lowest BCUT2D eigenvalue weighted by Crippen LogP contribution is -2.22. The molecule has 0 aliphatic carbocycles. The van der Waals surface area contributed by atoms with Gasteiger partial charge in [-0.05, 0) is 18.1 Å². The molecule has 0 bridgehead atoms. The number of alkyl halides is 1. The lowest BCUT2D eigenvalue weighted by Gasteiger charge is -2.18. The smallest absolute Gasteiger partial charge is 0.0607 e. The van der Waals surface area contributed by atoms with Gasteiger partial charge in [-0.1, -0.05) is 18.2 Å². The van der Waals surface area contributed by atoms with Crippen molar-refractivity contribution in [1.29, 1.82) is 0 Å². The van der Waals surface area contributed by atoms with Crippen molar-refractivity contribution in [2.45, 2.75) is 11.8 Å². The van der Waals surface area contributed by atoms with Gasteiger partial charge in [0.2, 0.25) is 0 Å². The van der Waals surface area contributed by atoms with Gasteiger partial charge in [0, 0.05) is 0 Å². The molecule has 0 fully saturated rings. The summed E-state index contributed by atoms with van der Waals surface area (Å²) in [6.45, 7) is 0.762. The number of para-hydroxylation sites is 1. The first kappa shape index (κ1) is 6.99. The number of benzene rings is 1. The Labute approximate surface area is 71.4 Å². The van der Waals surface area contributed by atoms with Gasteiger partial charge in [0.1, 0.15) is 0 Å². The lowest BCUT2D eigenvalue weighted by molar-refractivity contribution is 0.712. The second-order valence-electron chi connectivity index (χ2n) is 2.77. The molecule has 0 spiro atoms. The van der Waals surface area contributed by atoms with Crippen LogP contribution in [0.4, 0.5) is 5.69 Å². The monoisotopic (exact) mass is 166 g/mol. The Hall–Kier alpha value is -0.690. The predicted octanol–water partition coefficient (Wildman–Crippen LogP) is 2.09. The molecule has 0 aromatic heterocycles. The average Bonchev–Trinajstić information content (AvgIpc) is 2.04. The van der Waals surface area contributed by atoms with E-state index in [0.29, 0.717) is 0 Å². The molecule has 11 heavy (non-hydrogen) atoms. The van der Waals surface area contributed by atoms with Crippen molar-refractivity contribution in [3.05, 3.63) is 29.8 Å². The van der Waals surface area contributed by atoms with Crippen LogP contribution in [0.2, 0.25) is 0 Å². The maximum Gasteiger partial charge on any atom is 0.0607 e. The molecule has 1 heterocycles. The van der Waals surface area contributed by atoms with Crippen molar-refractivity contribution in [3.63, 3.8) is 0 Å². The van der Waals surface area contributed by atoms with Crippen molar-refractivity contribution in [2.24, 2.45) is 0 Å². The van der Waals surface area contributed by atoms with E-state index in [9.17, 15) is 0 Å². The molecule has 0 saturated carbocycles. The third-order valence-corrected chi connectivity index (χ3v) is 2.19. The topological polar surface area (TPSA) is 14.1 Å². The third-order valence-electron chi connectivity index (χ3n) is 1.89. The Morgan fingerprint density at radius 2 is 2.18 bits per heavy atom. The van der Waals surface area contributed by atoms with Crippen LogP contribution in [0, 0.1) is 0 Å². The highest BCUT2D eigenvalue weighted by Gasteiger charge is 2.15. The molecule has 1 atom stereocenters. The number of nitrogens with zero attached hydrogens (tertiary/aromatic N) is 1. The molecule has 57 valence electrons. The average molecular weight is 167 g/mol. The molecule has 0 saturated heterocycles. The van der Waals surface area contributed by atoms with Gasteiger partial charge in [-0.25, -0.2) is 0 Å². The minimum atomic E-state index is 0.199. The van der Waals surface area contributed by atoms with Crippen LogP contribution in [0.25, 0.3) is 0 Å². The van der Waals surface area contributed by atoms with Crippen molar-refractivity contribution in [2.75, 3.05) is 6.54 Å². The zero-order chi connectivity index (χ0) is 7.68. The summed E-state index contributed by atoms with van der Waals surface area (Å²) in [5, 5.41) is 4.54. The van der Waals surface area contributed by atoms with Crippen molar-refractivity contribution in [3.8, 4) is 0 Å². The predicted molar refractivity (Wildman–Crippen MR) is 46.4 cm³/mol. The summed E-state index contributed by atoms with van der Waals surface area (Å²) < 4.78 is 0. The first-order valence-electron chi connectivity index (χ1n) is 3.76. The molecule has 1 nitrogen and oxygen atoms in total. The van der Waals surface area contributed by atoms with Gasteiger partial charge in [-0.2, -0.15) is 0 Å². The zero-order valence-corrected chi connectivity index (χ0v) is 6.88. The number of fused-ring (bicyclic) bond motifs is 1. The lowest BCUT2D eigenvalue weighted by atomic mass is 10.0. The van der Waals surface area contributed by atoms with E-state index in [2.05, 4.69) is 11.4 Å². The number of hydrogen-bond donors (Lipinski definition) is 0. The molecule has 1 unspecified atom stereocenters. The summed E-state index contributed by atoms with van der Waals surface area (Å²) in [4.78, 5) is 0. The molecular formula is C9H9ClN. The van der Waals surface area contributed by atoms with E-state index in [0.717, 1.165) is 18.7 Å². The van der Waals surface area contributed by atoms with Gasteiger partial charge in [0.05, 0.1) is 17.6 Å². The van der Waals surface area contributed by atoms with Crippen molar-refractivity contribution < 1.29 is 0 Å². The molecule has 1 aromatic carbocycles. The molecule has 1 aromatic rings. The van der Waals surface area contributed by atoms with Gasteiger partial charge in [0.25, 0.3) is 0 Å². The third kappa shape index (κ3) is 1.33. The van der Waals surface area contributed by atoms with E-state index in [1.165, 1.54) is 5.56 Å². The second kappa shape index (κ2) is 2.74. The highest BCUT2D eigenvalue weighted by atomic mass is 35.5. The Kier molecular flexibility index (Phi) is 1.74. The normalized spacial score (nSPS) is 22.1. The highest BCUT2D eigenvalue weighted by Crippen LogP contribution is 2.23. The number of hydrogen-bond acceptors (Lipinski definition) is 0. The van der Waals surface area contributed by atoms with Crippen molar-refractivity contribution >= 4 is 17.3 Å². The molecule has 1 radical (unpaired) electrons. The van der Waals surface area contributed by atoms with Gasteiger partial charge in [-0.3, -0.25) is 5.32 Å².